The van der Waals surface area contributed by atoms with Crippen molar-refractivity contribution in [3.63, 3.8) is 0 Å². The molecule has 0 saturated carbocycles. The Morgan fingerprint density at radius 2 is 2.14 bits per heavy atom. The largest absolute Gasteiger partial charge is 0.325 e. The van der Waals surface area contributed by atoms with Crippen molar-refractivity contribution >= 4 is 22.4 Å². The smallest absolute Gasteiger partial charge is 0.0621 e. The molecule has 1 aromatic carbocycles. The lowest BCUT2D eigenvalue weighted by atomic mass is 10.1. The molecule has 0 aliphatic carbocycles. The van der Waals surface area contributed by atoms with Gasteiger partial charge in [-0.1, -0.05) is 23.7 Å². The van der Waals surface area contributed by atoms with Gasteiger partial charge in [0.15, 0.2) is 0 Å². The summed E-state index contributed by atoms with van der Waals surface area (Å²) in [6, 6.07) is 7.77. The zero-order valence-electron chi connectivity index (χ0n) is 7.92. The van der Waals surface area contributed by atoms with Gasteiger partial charge in [0, 0.05) is 28.0 Å². The number of hydrogen-bond donors (Lipinski definition) is 1. The van der Waals surface area contributed by atoms with Gasteiger partial charge in [0.05, 0.1) is 5.69 Å². The second kappa shape index (κ2) is 3.56. The van der Waals surface area contributed by atoms with Crippen LogP contribution in [0.3, 0.4) is 0 Å². The Labute approximate surface area is 87.7 Å². The van der Waals surface area contributed by atoms with Gasteiger partial charge in [-0.05, 0) is 19.1 Å². The van der Waals surface area contributed by atoms with E-state index in [0.29, 0.717) is 6.54 Å². The Bertz CT molecular complexity index is 480. The first kappa shape index (κ1) is 9.44. The Balaban J connectivity index is 2.87. The Morgan fingerprint density at radius 1 is 1.36 bits per heavy atom. The first-order chi connectivity index (χ1) is 6.72. The van der Waals surface area contributed by atoms with Crippen LogP contribution in [-0.2, 0) is 6.54 Å². The van der Waals surface area contributed by atoms with Gasteiger partial charge in [-0.2, -0.15) is 0 Å². The molecule has 2 N–H and O–H groups in total. The summed E-state index contributed by atoms with van der Waals surface area (Å²) in [7, 11) is 0. The van der Waals surface area contributed by atoms with Crippen molar-refractivity contribution in [2.45, 2.75) is 13.5 Å². The molecule has 3 heteroatoms. The number of nitrogens with two attached hydrogens (primary N) is 1. The van der Waals surface area contributed by atoms with Crippen LogP contribution < -0.4 is 5.73 Å². The van der Waals surface area contributed by atoms with E-state index < -0.39 is 0 Å². The molecule has 14 heavy (non-hydrogen) atoms. The summed E-state index contributed by atoms with van der Waals surface area (Å²) < 4.78 is 0. The monoisotopic (exact) mass is 206 g/mol. The normalized spacial score (nSPS) is 10.8. The van der Waals surface area contributed by atoms with Gasteiger partial charge < -0.3 is 5.73 Å². The molecule has 1 heterocycles. The van der Waals surface area contributed by atoms with Crippen molar-refractivity contribution in [1.29, 1.82) is 0 Å². The molecular formula is C11H11ClN2. The predicted octanol–water partition coefficient (Wildman–Crippen LogP) is 2.66. The van der Waals surface area contributed by atoms with Crippen LogP contribution in [0.5, 0.6) is 0 Å². The molecule has 0 fully saturated rings. The van der Waals surface area contributed by atoms with E-state index in [9.17, 15) is 0 Å². The average Bonchev–Trinajstić information content (AvgIpc) is 2.18. The predicted molar refractivity (Wildman–Crippen MR) is 59.4 cm³/mol. The van der Waals surface area contributed by atoms with Gasteiger partial charge in [-0.25, -0.2) is 0 Å². The minimum absolute atomic E-state index is 0.443. The van der Waals surface area contributed by atoms with Crippen molar-refractivity contribution < 1.29 is 0 Å². The molecule has 0 atom stereocenters. The Hall–Kier alpha value is -1.12. The molecule has 0 aliphatic rings. The highest BCUT2D eigenvalue weighted by Crippen LogP contribution is 2.25. The number of nitrogens with zero attached hydrogens (tertiary/aromatic N) is 1. The summed E-state index contributed by atoms with van der Waals surface area (Å²) in [6.07, 6.45) is 0. The molecule has 1 aromatic heterocycles. The van der Waals surface area contributed by atoms with Gasteiger partial charge in [0.2, 0.25) is 0 Å². The number of rotatable bonds is 1. The van der Waals surface area contributed by atoms with Crippen LogP contribution in [0.1, 0.15) is 11.4 Å². The molecule has 0 bridgehead atoms. The van der Waals surface area contributed by atoms with Crippen molar-refractivity contribution in [3.05, 3.63) is 40.7 Å². The highest BCUT2D eigenvalue weighted by atomic mass is 35.5. The van der Waals surface area contributed by atoms with E-state index >= 15 is 0 Å². The molecule has 0 spiro atoms. The standard InChI is InChI=1S/C11H11ClN2/c1-7-5-9-8(11(6-13)14-7)3-2-4-10(9)12/h2-5H,6,13H2,1H3. The van der Waals surface area contributed by atoms with Crippen LogP contribution in [0.15, 0.2) is 24.3 Å². The summed E-state index contributed by atoms with van der Waals surface area (Å²) in [6.45, 7) is 2.39. The van der Waals surface area contributed by atoms with Crippen molar-refractivity contribution in [3.8, 4) is 0 Å². The molecule has 0 aliphatic heterocycles. The molecule has 72 valence electrons. The topological polar surface area (TPSA) is 38.9 Å². The Morgan fingerprint density at radius 3 is 2.86 bits per heavy atom. The van der Waals surface area contributed by atoms with Gasteiger partial charge in [0.1, 0.15) is 0 Å². The van der Waals surface area contributed by atoms with Crippen molar-refractivity contribution in [2.75, 3.05) is 0 Å². The summed E-state index contributed by atoms with van der Waals surface area (Å²) in [4.78, 5) is 4.38. The minimum Gasteiger partial charge on any atom is -0.325 e. The van der Waals surface area contributed by atoms with Gasteiger partial charge in [-0.15, -0.1) is 0 Å². The summed E-state index contributed by atoms with van der Waals surface area (Å²) in [5.74, 6) is 0. The van der Waals surface area contributed by atoms with Crippen LogP contribution in [-0.4, -0.2) is 4.98 Å². The van der Waals surface area contributed by atoms with E-state index in [0.717, 1.165) is 27.2 Å². The lowest BCUT2D eigenvalue weighted by Crippen LogP contribution is -2.01. The number of hydrogen-bond acceptors (Lipinski definition) is 2. The second-order valence-corrected chi connectivity index (χ2v) is 3.66. The van der Waals surface area contributed by atoms with Crippen LogP contribution in [0.2, 0.25) is 5.02 Å². The third kappa shape index (κ3) is 1.47. The zero-order chi connectivity index (χ0) is 10.1. The van der Waals surface area contributed by atoms with E-state index in [4.69, 9.17) is 17.3 Å². The first-order valence-corrected chi connectivity index (χ1v) is 4.85. The lowest BCUT2D eigenvalue weighted by molar-refractivity contribution is 0.988. The second-order valence-electron chi connectivity index (χ2n) is 3.25. The Kier molecular flexibility index (Phi) is 2.40. The first-order valence-electron chi connectivity index (χ1n) is 4.47. The summed E-state index contributed by atoms with van der Waals surface area (Å²) in [5, 5.41) is 2.83. The highest BCUT2D eigenvalue weighted by Gasteiger charge is 2.04. The fourth-order valence-corrected chi connectivity index (χ4v) is 1.83. The molecular weight excluding hydrogens is 196 g/mol. The maximum absolute atomic E-state index is 6.09. The molecule has 0 radical (unpaired) electrons. The maximum atomic E-state index is 6.09. The van der Waals surface area contributed by atoms with Gasteiger partial charge in [0.25, 0.3) is 0 Å². The van der Waals surface area contributed by atoms with Crippen molar-refractivity contribution in [2.24, 2.45) is 5.73 Å². The lowest BCUT2D eigenvalue weighted by Gasteiger charge is -2.06. The van der Waals surface area contributed by atoms with Crippen molar-refractivity contribution in [1.82, 2.24) is 4.98 Å². The number of benzene rings is 1. The fourth-order valence-electron chi connectivity index (χ4n) is 1.61. The molecule has 2 nitrogen and oxygen atoms in total. The van der Waals surface area contributed by atoms with E-state index in [1.54, 1.807) is 0 Å². The molecule has 0 unspecified atom stereocenters. The van der Waals surface area contributed by atoms with Gasteiger partial charge >= 0.3 is 0 Å². The number of fused-ring (bicyclic) bond motifs is 1. The van der Waals surface area contributed by atoms with E-state index in [-0.39, 0.29) is 0 Å². The van der Waals surface area contributed by atoms with E-state index in [2.05, 4.69) is 4.98 Å². The SMILES string of the molecule is Cc1cc2c(Cl)cccc2c(CN)n1. The quantitative estimate of drug-likeness (QED) is 0.779. The number of aryl methyl sites for hydroxylation is 1. The maximum Gasteiger partial charge on any atom is 0.0621 e. The zero-order valence-corrected chi connectivity index (χ0v) is 8.67. The molecule has 0 amide bonds. The van der Waals surface area contributed by atoms with E-state index in [1.807, 2.05) is 31.2 Å². The van der Waals surface area contributed by atoms with Gasteiger partial charge in [-0.3, -0.25) is 4.98 Å². The number of halogens is 1. The molecule has 0 saturated heterocycles. The summed E-state index contributed by atoms with van der Waals surface area (Å²) >= 11 is 6.09. The van der Waals surface area contributed by atoms with Crippen LogP contribution >= 0.6 is 11.6 Å². The van der Waals surface area contributed by atoms with Crippen LogP contribution in [0.25, 0.3) is 10.8 Å². The number of aromatic nitrogens is 1. The molecule has 2 aromatic rings. The summed E-state index contributed by atoms with van der Waals surface area (Å²) in [5.41, 5.74) is 7.48. The fraction of sp³-hybridized carbons (Fsp3) is 0.182. The number of pyridine rings is 1. The van der Waals surface area contributed by atoms with Crippen LogP contribution in [0.4, 0.5) is 0 Å². The minimum atomic E-state index is 0.443. The average molecular weight is 207 g/mol. The third-order valence-corrected chi connectivity index (χ3v) is 2.55. The van der Waals surface area contributed by atoms with Crippen LogP contribution in [0, 0.1) is 6.92 Å². The van der Waals surface area contributed by atoms with E-state index in [1.165, 1.54) is 0 Å². The molecule has 2 rings (SSSR count). The third-order valence-electron chi connectivity index (χ3n) is 2.22. The highest BCUT2D eigenvalue weighted by molar-refractivity contribution is 6.35.